The van der Waals surface area contributed by atoms with Gasteiger partial charge in [0.25, 0.3) is 0 Å². The zero-order valence-electron chi connectivity index (χ0n) is 10.9. The Hall–Kier alpha value is -1.66. The summed E-state index contributed by atoms with van der Waals surface area (Å²) < 4.78 is 10.7. The number of hydrogen-bond acceptors (Lipinski definition) is 6. The van der Waals surface area contributed by atoms with Crippen LogP contribution in [-0.2, 0) is 20.7 Å². The van der Waals surface area contributed by atoms with E-state index in [1.807, 2.05) is 18.2 Å². The molecule has 0 aliphatic carbocycles. The molecule has 0 radical (unpaired) electrons. The maximum atomic E-state index is 11.2. The van der Waals surface area contributed by atoms with Crippen LogP contribution in [0.3, 0.4) is 0 Å². The van der Waals surface area contributed by atoms with Crippen molar-refractivity contribution in [3.05, 3.63) is 23.8 Å². The van der Waals surface area contributed by atoms with Gasteiger partial charge in [-0.25, -0.2) is 4.98 Å². The maximum absolute atomic E-state index is 11.2. The summed E-state index contributed by atoms with van der Waals surface area (Å²) in [5.41, 5.74) is 1.87. The number of rotatable bonds is 6. The van der Waals surface area contributed by atoms with E-state index < -0.39 is 0 Å². The van der Waals surface area contributed by atoms with Crippen molar-refractivity contribution < 1.29 is 14.3 Å². The largest absolute Gasteiger partial charge is 0.469 e. The van der Waals surface area contributed by atoms with Gasteiger partial charge in [0.2, 0.25) is 0 Å². The summed E-state index contributed by atoms with van der Waals surface area (Å²) in [4.78, 5) is 15.7. The second kappa shape index (κ2) is 6.49. The zero-order valence-corrected chi connectivity index (χ0v) is 11.8. The first kappa shape index (κ1) is 13.8. The van der Waals surface area contributed by atoms with Crippen LogP contribution in [0.2, 0.25) is 0 Å². The van der Waals surface area contributed by atoms with Crippen molar-refractivity contribution in [3.8, 4) is 0 Å². The molecule has 6 heteroatoms. The Bertz CT molecular complexity index is 568. The SMILES string of the molecule is COCCNc1nc2ccc(CC(=O)OC)cc2s1. The number of carbonyl (C=O) groups excluding carboxylic acids is 1. The van der Waals surface area contributed by atoms with Crippen LogP contribution in [0.1, 0.15) is 5.56 Å². The first-order chi connectivity index (χ1) is 9.22. The lowest BCUT2D eigenvalue weighted by Crippen LogP contribution is -2.06. The molecule has 2 aromatic rings. The first-order valence-electron chi connectivity index (χ1n) is 5.92. The fourth-order valence-electron chi connectivity index (χ4n) is 1.65. The van der Waals surface area contributed by atoms with Gasteiger partial charge in [0.05, 0.1) is 30.4 Å². The molecule has 0 amide bonds. The molecule has 0 saturated carbocycles. The maximum Gasteiger partial charge on any atom is 0.309 e. The number of esters is 1. The van der Waals surface area contributed by atoms with Gasteiger partial charge in [-0.2, -0.15) is 0 Å². The van der Waals surface area contributed by atoms with Crippen molar-refractivity contribution >= 4 is 32.7 Å². The molecule has 1 heterocycles. The summed E-state index contributed by atoms with van der Waals surface area (Å²) in [5, 5.41) is 4.06. The van der Waals surface area contributed by atoms with Gasteiger partial charge in [-0.15, -0.1) is 0 Å². The van der Waals surface area contributed by atoms with E-state index in [4.69, 9.17) is 4.74 Å². The Morgan fingerprint density at radius 2 is 2.26 bits per heavy atom. The van der Waals surface area contributed by atoms with E-state index >= 15 is 0 Å². The Labute approximate surface area is 115 Å². The molecule has 0 atom stereocenters. The minimum Gasteiger partial charge on any atom is -0.469 e. The molecule has 1 N–H and O–H groups in total. The molecule has 1 aromatic heterocycles. The minimum atomic E-state index is -0.234. The topological polar surface area (TPSA) is 60.5 Å². The number of carbonyl (C=O) groups is 1. The van der Waals surface area contributed by atoms with E-state index in [0.717, 1.165) is 27.5 Å². The van der Waals surface area contributed by atoms with Gasteiger partial charge in [-0.1, -0.05) is 17.4 Å². The molecule has 102 valence electrons. The Kier molecular flexibility index (Phi) is 4.70. The average molecular weight is 280 g/mol. The van der Waals surface area contributed by atoms with Crippen LogP contribution in [0.25, 0.3) is 10.2 Å². The molecule has 5 nitrogen and oxygen atoms in total. The number of nitrogens with one attached hydrogen (secondary N) is 1. The van der Waals surface area contributed by atoms with Gasteiger partial charge in [0, 0.05) is 13.7 Å². The standard InChI is InChI=1S/C13H16N2O3S/c1-17-6-5-14-13-15-10-4-3-9(7-11(10)19-13)8-12(16)18-2/h3-4,7H,5-6,8H2,1-2H3,(H,14,15). The second-order valence-corrected chi connectivity index (χ2v) is 5.02. The number of aromatic nitrogens is 1. The molecular formula is C13H16N2O3S. The number of ether oxygens (including phenoxy) is 2. The van der Waals surface area contributed by atoms with Crippen LogP contribution in [0, 0.1) is 0 Å². The lowest BCUT2D eigenvalue weighted by Gasteiger charge is -1.99. The summed E-state index contributed by atoms with van der Waals surface area (Å²) >= 11 is 1.57. The predicted molar refractivity (Wildman–Crippen MR) is 75.7 cm³/mol. The van der Waals surface area contributed by atoms with Crippen LogP contribution in [0.4, 0.5) is 5.13 Å². The highest BCUT2D eigenvalue weighted by molar-refractivity contribution is 7.22. The van der Waals surface area contributed by atoms with Gasteiger partial charge in [0.1, 0.15) is 0 Å². The molecular weight excluding hydrogens is 264 g/mol. The Balaban J connectivity index is 2.11. The van der Waals surface area contributed by atoms with Gasteiger partial charge >= 0.3 is 5.97 Å². The lowest BCUT2D eigenvalue weighted by molar-refractivity contribution is -0.139. The van der Waals surface area contributed by atoms with Crippen molar-refractivity contribution in [3.63, 3.8) is 0 Å². The highest BCUT2D eigenvalue weighted by Gasteiger charge is 2.07. The lowest BCUT2D eigenvalue weighted by atomic mass is 10.1. The predicted octanol–water partition coefficient (Wildman–Crippen LogP) is 2.07. The van der Waals surface area contributed by atoms with Gasteiger partial charge < -0.3 is 14.8 Å². The molecule has 0 saturated heterocycles. The van der Waals surface area contributed by atoms with Crippen LogP contribution < -0.4 is 5.32 Å². The summed E-state index contributed by atoms with van der Waals surface area (Å²) in [6, 6.07) is 5.80. The monoisotopic (exact) mass is 280 g/mol. The normalized spacial score (nSPS) is 10.6. The number of hydrogen-bond donors (Lipinski definition) is 1. The summed E-state index contributed by atoms with van der Waals surface area (Å²) in [5.74, 6) is -0.234. The summed E-state index contributed by atoms with van der Waals surface area (Å²) in [7, 11) is 3.06. The molecule has 0 aliphatic rings. The molecule has 19 heavy (non-hydrogen) atoms. The third kappa shape index (κ3) is 3.65. The van der Waals surface area contributed by atoms with Crippen molar-refractivity contribution in [2.75, 3.05) is 32.7 Å². The van der Waals surface area contributed by atoms with E-state index in [1.54, 1.807) is 18.4 Å². The fourth-order valence-corrected chi connectivity index (χ4v) is 2.61. The number of anilines is 1. The van der Waals surface area contributed by atoms with Crippen LogP contribution in [0.15, 0.2) is 18.2 Å². The molecule has 0 bridgehead atoms. The van der Waals surface area contributed by atoms with E-state index in [0.29, 0.717) is 6.61 Å². The van der Waals surface area contributed by atoms with E-state index in [-0.39, 0.29) is 12.4 Å². The van der Waals surface area contributed by atoms with Crippen LogP contribution in [0.5, 0.6) is 0 Å². The third-order valence-electron chi connectivity index (χ3n) is 2.61. The van der Waals surface area contributed by atoms with Gasteiger partial charge in [-0.3, -0.25) is 4.79 Å². The number of thiazole rings is 1. The van der Waals surface area contributed by atoms with Crippen molar-refractivity contribution in [2.45, 2.75) is 6.42 Å². The van der Waals surface area contributed by atoms with E-state index in [1.165, 1.54) is 7.11 Å². The summed E-state index contributed by atoms with van der Waals surface area (Å²) in [6.45, 7) is 1.37. The number of nitrogens with zero attached hydrogens (tertiary/aromatic N) is 1. The Morgan fingerprint density at radius 3 is 3.00 bits per heavy atom. The van der Waals surface area contributed by atoms with Gasteiger partial charge in [0.15, 0.2) is 5.13 Å². The van der Waals surface area contributed by atoms with Crippen molar-refractivity contribution in [1.82, 2.24) is 4.98 Å². The van der Waals surface area contributed by atoms with Gasteiger partial charge in [-0.05, 0) is 17.7 Å². The number of fused-ring (bicyclic) bond motifs is 1. The minimum absolute atomic E-state index is 0.234. The molecule has 0 unspecified atom stereocenters. The fraction of sp³-hybridized carbons (Fsp3) is 0.385. The van der Waals surface area contributed by atoms with E-state index in [9.17, 15) is 4.79 Å². The number of benzene rings is 1. The van der Waals surface area contributed by atoms with Crippen LogP contribution in [-0.4, -0.2) is 38.3 Å². The highest BCUT2D eigenvalue weighted by atomic mass is 32.1. The summed E-state index contributed by atoms with van der Waals surface area (Å²) in [6.07, 6.45) is 0.288. The molecule has 1 aromatic carbocycles. The third-order valence-corrected chi connectivity index (χ3v) is 3.59. The zero-order chi connectivity index (χ0) is 13.7. The van der Waals surface area contributed by atoms with E-state index in [2.05, 4.69) is 15.0 Å². The smallest absolute Gasteiger partial charge is 0.309 e. The molecule has 2 rings (SSSR count). The molecule has 0 spiro atoms. The second-order valence-electron chi connectivity index (χ2n) is 3.99. The average Bonchev–Trinajstić information content (AvgIpc) is 2.81. The van der Waals surface area contributed by atoms with Crippen molar-refractivity contribution in [2.24, 2.45) is 0 Å². The first-order valence-corrected chi connectivity index (χ1v) is 6.73. The molecule has 0 aliphatic heterocycles. The molecule has 0 fully saturated rings. The highest BCUT2D eigenvalue weighted by Crippen LogP contribution is 2.26. The number of methoxy groups -OCH3 is 2. The Morgan fingerprint density at radius 1 is 1.42 bits per heavy atom. The quantitative estimate of drug-likeness (QED) is 0.648. The van der Waals surface area contributed by atoms with Crippen molar-refractivity contribution in [1.29, 1.82) is 0 Å². The van der Waals surface area contributed by atoms with Crippen LogP contribution >= 0.6 is 11.3 Å².